The number of hydrogen-bond donors (Lipinski definition) is 3. The minimum atomic E-state index is -0.687. The number of aliphatic hydroxyl groups excluding tert-OH is 1. The van der Waals surface area contributed by atoms with E-state index in [0.29, 0.717) is 5.96 Å². The van der Waals surface area contributed by atoms with E-state index >= 15 is 0 Å². The number of aliphatic imine (C=N–C) groups is 1. The number of guanidine groups is 1. The first-order chi connectivity index (χ1) is 15.6. The van der Waals surface area contributed by atoms with Crippen LogP contribution < -0.4 is 15.4 Å². The highest BCUT2D eigenvalue weighted by Gasteiger charge is 2.14. The first-order valence-corrected chi connectivity index (χ1v) is 11.9. The maximum absolute atomic E-state index is 10.6. The Kier molecular flexibility index (Phi) is 11.9. The van der Waals surface area contributed by atoms with Gasteiger partial charge in [-0.25, -0.2) is 0 Å². The molecule has 0 radical (unpaired) electrons. The largest absolute Gasteiger partial charge is 0.491 e. The third kappa shape index (κ3) is 8.77. The van der Waals surface area contributed by atoms with Crippen LogP contribution in [0.1, 0.15) is 69.8 Å². The molecule has 0 saturated heterocycles. The zero-order valence-electron chi connectivity index (χ0n) is 20.1. The first-order valence-electron chi connectivity index (χ1n) is 11.9. The summed E-state index contributed by atoms with van der Waals surface area (Å²) in [7, 11) is 0. The Bertz CT molecular complexity index is 870. The molecule has 2 aromatic rings. The lowest BCUT2D eigenvalue weighted by molar-refractivity contribution is 0.185. The van der Waals surface area contributed by atoms with Gasteiger partial charge in [0.15, 0.2) is 5.96 Å². The lowest BCUT2D eigenvalue weighted by atomic mass is 10.1. The predicted octanol–water partition coefficient (Wildman–Crippen LogP) is 3.63. The molecule has 9 heteroatoms. The van der Waals surface area contributed by atoms with Crippen LogP contribution in [0.3, 0.4) is 0 Å². The van der Waals surface area contributed by atoms with Crippen molar-refractivity contribution in [2.45, 2.75) is 78.0 Å². The topological polar surface area (TPSA) is 96.6 Å². The second-order valence-corrected chi connectivity index (χ2v) is 8.50. The monoisotopic (exact) mass is 570 g/mol. The van der Waals surface area contributed by atoms with Crippen molar-refractivity contribution in [3.8, 4) is 5.75 Å². The highest BCUT2D eigenvalue weighted by Crippen LogP contribution is 2.20. The average Bonchev–Trinajstić information content (AvgIpc) is 3.00. The molecule has 0 saturated carbocycles. The van der Waals surface area contributed by atoms with E-state index in [1.54, 1.807) is 0 Å². The number of hydrogen-bond acceptors (Lipinski definition) is 5. The standard InChI is InChI=1S/C24H38N6O2.HI/c1-4-25-24(27-17-21(31)19-10-8-11-20(16-19)32-18(2)3)26-14-9-13-23-29-28-22-12-6-5-7-15-30(22)23;/h8,10-11,16,18,21,31H,4-7,9,12-15,17H2,1-3H3,(H2,25,26,27);1H. The molecule has 184 valence electrons. The lowest BCUT2D eigenvalue weighted by Crippen LogP contribution is -2.38. The summed E-state index contributed by atoms with van der Waals surface area (Å²) in [5.74, 6) is 3.69. The molecule has 0 amide bonds. The summed E-state index contributed by atoms with van der Waals surface area (Å²) in [5, 5.41) is 26.0. The van der Waals surface area contributed by atoms with Gasteiger partial charge in [0.05, 0.1) is 18.8 Å². The lowest BCUT2D eigenvalue weighted by Gasteiger charge is -2.15. The highest BCUT2D eigenvalue weighted by molar-refractivity contribution is 14.0. The first kappa shape index (κ1) is 27.4. The maximum atomic E-state index is 10.6. The molecule has 1 unspecified atom stereocenters. The Labute approximate surface area is 214 Å². The molecular formula is C24H39IN6O2. The number of aliphatic hydroxyl groups is 1. The number of halogens is 1. The van der Waals surface area contributed by atoms with E-state index in [-0.39, 0.29) is 36.6 Å². The second kappa shape index (κ2) is 14.4. The Morgan fingerprint density at radius 3 is 2.85 bits per heavy atom. The van der Waals surface area contributed by atoms with Gasteiger partial charge in [-0.15, -0.1) is 34.2 Å². The molecule has 0 fully saturated rings. The van der Waals surface area contributed by atoms with Crippen molar-refractivity contribution in [3.63, 3.8) is 0 Å². The molecule has 3 rings (SSSR count). The predicted molar refractivity (Wildman–Crippen MR) is 142 cm³/mol. The molecule has 3 N–H and O–H groups in total. The van der Waals surface area contributed by atoms with Gasteiger partial charge < -0.3 is 25.0 Å². The number of ether oxygens (including phenoxy) is 1. The van der Waals surface area contributed by atoms with Crippen LogP contribution in [-0.4, -0.2) is 51.6 Å². The Hall–Kier alpha value is -1.88. The molecule has 1 atom stereocenters. The van der Waals surface area contributed by atoms with Gasteiger partial charge in [-0.2, -0.15) is 0 Å². The van der Waals surface area contributed by atoms with E-state index in [9.17, 15) is 5.11 Å². The third-order valence-corrected chi connectivity index (χ3v) is 5.44. The maximum Gasteiger partial charge on any atom is 0.191 e. The average molecular weight is 571 g/mol. The van der Waals surface area contributed by atoms with Crippen molar-refractivity contribution in [1.82, 2.24) is 25.4 Å². The van der Waals surface area contributed by atoms with E-state index in [0.717, 1.165) is 61.9 Å². The zero-order chi connectivity index (χ0) is 22.8. The van der Waals surface area contributed by atoms with Gasteiger partial charge in [0.25, 0.3) is 0 Å². The number of benzene rings is 1. The molecule has 1 aliphatic heterocycles. The van der Waals surface area contributed by atoms with Crippen LogP contribution in [0.15, 0.2) is 29.3 Å². The van der Waals surface area contributed by atoms with Crippen LogP contribution >= 0.6 is 24.0 Å². The summed E-state index contributed by atoms with van der Waals surface area (Å²) >= 11 is 0. The summed E-state index contributed by atoms with van der Waals surface area (Å²) in [5.41, 5.74) is 0.801. The molecule has 8 nitrogen and oxygen atoms in total. The molecule has 1 aliphatic rings. The van der Waals surface area contributed by atoms with Crippen LogP contribution in [0.4, 0.5) is 0 Å². The minimum absolute atomic E-state index is 0. The third-order valence-electron chi connectivity index (χ3n) is 5.44. The van der Waals surface area contributed by atoms with E-state index in [2.05, 4.69) is 30.4 Å². The second-order valence-electron chi connectivity index (χ2n) is 8.50. The molecule has 0 aliphatic carbocycles. The minimum Gasteiger partial charge on any atom is -0.491 e. The van der Waals surface area contributed by atoms with Gasteiger partial charge >= 0.3 is 0 Å². The van der Waals surface area contributed by atoms with Crippen LogP contribution in [0.5, 0.6) is 5.75 Å². The SMILES string of the molecule is CCNC(=NCC(O)c1cccc(OC(C)C)c1)NCCCc1nnc2n1CCCCC2.I. The molecule has 1 aromatic carbocycles. The molecule has 0 spiro atoms. The number of nitrogens with zero attached hydrogens (tertiary/aromatic N) is 4. The number of nitrogens with one attached hydrogen (secondary N) is 2. The molecule has 1 aromatic heterocycles. The molecular weight excluding hydrogens is 531 g/mol. The summed E-state index contributed by atoms with van der Waals surface area (Å²) < 4.78 is 8.03. The molecule has 2 heterocycles. The smallest absolute Gasteiger partial charge is 0.191 e. The summed E-state index contributed by atoms with van der Waals surface area (Å²) in [6.07, 6.45) is 5.98. The summed E-state index contributed by atoms with van der Waals surface area (Å²) in [4.78, 5) is 4.57. The fourth-order valence-corrected chi connectivity index (χ4v) is 3.88. The summed E-state index contributed by atoms with van der Waals surface area (Å²) in [6.45, 7) is 8.86. The Balaban J connectivity index is 0.00000385. The van der Waals surface area contributed by atoms with Crippen molar-refractivity contribution >= 4 is 29.9 Å². The Morgan fingerprint density at radius 1 is 1.21 bits per heavy atom. The van der Waals surface area contributed by atoms with E-state index in [1.165, 1.54) is 19.3 Å². The fourth-order valence-electron chi connectivity index (χ4n) is 3.88. The quantitative estimate of drug-likeness (QED) is 0.175. The van der Waals surface area contributed by atoms with Crippen molar-refractivity contribution in [2.24, 2.45) is 4.99 Å². The van der Waals surface area contributed by atoms with E-state index < -0.39 is 6.10 Å². The molecule has 0 bridgehead atoms. The van der Waals surface area contributed by atoms with E-state index in [1.807, 2.05) is 45.0 Å². The van der Waals surface area contributed by atoms with Crippen molar-refractivity contribution in [1.29, 1.82) is 0 Å². The normalized spacial score (nSPS) is 14.8. The number of fused-ring (bicyclic) bond motifs is 1. The van der Waals surface area contributed by atoms with Gasteiger partial charge in [0.2, 0.25) is 0 Å². The van der Waals surface area contributed by atoms with E-state index in [4.69, 9.17) is 4.74 Å². The van der Waals surface area contributed by atoms with Gasteiger partial charge in [-0.3, -0.25) is 4.99 Å². The van der Waals surface area contributed by atoms with Crippen molar-refractivity contribution < 1.29 is 9.84 Å². The van der Waals surface area contributed by atoms with Crippen LogP contribution in [0, 0.1) is 0 Å². The molecule has 33 heavy (non-hydrogen) atoms. The van der Waals surface area contributed by atoms with Crippen molar-refractivity contribution in [2.75, 3.05) is 19.6 Å². The van der Waals surface area contributed by atoms with Crippen LogP contribution in [0.2, 0.25) is 0 Å². The van der Waals surface area contributed by atoms with Crippen LogP contribution in [0.25, 0.3) is 0 Å². The van der Waals surface area contributed by atoms with Gasteiger partial charge in [-0.1, -0.05) is 18.6 Å². The number of aromatic nitrogens is 3. The van der Waals surface area contributed by atoms with Crippen molar-refractivity contribution in [3.05, 3.63) is 41.5 Å². The Morgan fingerprint density at radius 2 is 2.06 bits per heavy atom. The summed E-state index contributed by atoms with van der Waals surface area (Å²) in [6, 6.07) is 7.57. The van der Waals surface area contributed by atoms with Gasteiger partial charge in [0, 0.05) is 32.5 Å². The fraction of sp³-hybridized carbons (Fsp3) is 0.625. The van der Waals surface area contributed by atoms with Gasteiger partial charge in [-0.05, 0) is 57.7 Å². The highest BCUT2D eigenvalue weighted by atomic mass is 127. The zero-order valence-corrected chi connectivity index (χ0v) is 22.4. The van der Waals surface area contributed by atoms with Gasteiger partial charge in [0.1, 0.15) is 17.4 Å². The number of rotatable bonds is 10. The van der Waals surface area contributed by atoms with Crippen LogP contribution in [-0.2, 0) is 19.4 Å². The number of aryl methyl sites for hydroxylation is 2.